The van der Waals surface area contributed by atoms with Crippen molar-refractivity contribution in [1.82, 2.24) is 0 Å². The number of nitrogens with two attached hydrogens (primary N) is 1. The van der Waals surface area contributed by atoms with E-state index in [9.17, 15) is 0 Å². The number of hydrogen-bond donors (Lipinski definition) is 2. The lowest BCUT2D eigenvalue weighted by Gasteiger charge is -2.21. The van der Waals surface area contributed by atoms with Gasteiger partial charge < -0.3 is 10.2 Å². The van der Waals surface area contributed by atoms with Crippen LogP contribution in [0.5, 0.6) is 0 Å². The highest BCUT2D eigenvalue weighted by atomic mass is 32.2. The van der Waals surface area contributed by atoms with E-state index in [2.05, 4.69) is 36.5 Å². The van der Waals surface area contributed by atoms with Gasteiger partial charge >= 0.3 is 0 Å². The van der Waals surface area contributed by atoms with Crippen LogP contribution in [-0.4, -0.2) is 38.5 Å². The smallest absolute Gasteiger partial charge is 0.127 e. The maximum absolute atomic E-state index is 2.43. The van der Waals surface area contributed by atoms with Gasteiger partial charge in [0.15, 0.2) is 0 Å². The van der Waals surface area contributed by atoms with Crippen LogP contribution in [0.3, 0.4) is 0 Å². The van der Waals surface area contributed by atoms with Gasteiger partial charge in [-0.2, -0.15) is 0 Å². The van der Waals surface area contributed by atoms with Gasteiger partial charge in [-0.25, -0.2) is 0 Å². The lowest BCUT2D eigenvalue weighted by molar-refractivity contribution is -0.944. The van der Waals surface area contributed by atoms with E-state index in [4.69, 9.17) is 0 Å². The first-order valence-electron chi connectivity index (χ1n) is 6.19. The van der Waals surface area contributed by atoms with E-state index in [1.54, 1.807) is 4.90 Å². The maximum atomic E-state index is 2.43. The predicted octanol–water partition coefficient (Wildman–Crippen LogP) is -0.451. The Hall–Kier alpha value is -0.510. The summed E-state index contributed by atoms with van der Waals surface area (Å²) in [5, 5.41) is 2.43. The van der Waals surface area contributed by atoms with Gasteiger partial charge in [0.05, 0.1) is 6.54 Å². The number of rotatable bonds is 4. The summed E-state index contributed by atoms with van der Waals surface area (Å²) in [5.41, 5.74) is 1.35. The van der Waals surface area contributed by atoms with Gasteiger partial charge in [-0.1, -0.05) is 17.7 Å². The molecule has 3 N–H and O–H groups in total. The first-order valence-corrected chi connectivity index (χ1v) is 7.18. The van der Waals surface area contributed by atoms with E-state index < -0.39 is 0 Å². The summed E-state index contributed by atoms with van der Waals surface area (Å²) >= 11 is 1.99. The first-order chi connectivity index (χ1) is 7.84. The van der Waals surface area contributed by atoms with E-state index in [0.29, 0.717) is 0 Å². The molecule has 0 amide bonds. The third kappa shape index (κ3) is 3.81. The van der Waals surface area contributed by atoms with Gasteiger partial charge in [-0.3, -0.25) is 0 Å². The van der Waals surface area contributed by atoms with Crippen LogP contribution in [0.25, 0.3) is 0 Å². The highest BCUT2D eigenvalue weighted by Crippen LogP contribution is 2.16. The molecule has 88 valence electrons. The van der Waals surface area contributed by atoms with Gasteiger partial charge in [0, 0.05) is 10.6 Å². The van der Waals surface area contributed by atoms with Crippen LogP contribution in [0.15, 0.2) is 29.2 Å². The molecular weight excluding hydrogens is 216 g/mol. The van der Waals surface area contributed by atoms with Gasteiger partial charge in [0.2, 0.25) is 0 Å². The third-order valence-electron chi connectivity index (χ3n) is 3.15. The molecule has 2 rings (SSSR count). The maximum Gasteiger partial charge on any atom is 0.127 e. The minimum absolute atomic E-state index is 1.25. The molecule has 0 radical (unpaired) electrons. The molecule has 0 unspecified atom stereocenters. The summed E-state index contributed by atoms with van der Waals surface area (Å²) in [4.78, 5) is 3.19. The van der Waals surface area contributed by atoms with Crippen LogP contribution in [-0.2, 0) is 0 Å². The minimum Gasteiger partial charge on any atom is -0.337 e. The Morgan fingerprint density at radius 1 is 1.19 bits per heavy atom. The molecule has 3 heteroatoms. The number of thioether (sulfide) groups is 1. The Labute approximate surface area is 102 Å². The van der Waals surface area contributed by atoms with Crippen molar-refractivity contribution in [3.8, 4) is 0 Å². The number of quaternary nitrogens is 2. The Morgan fingerprint density at radius 2 is 1.88 bits per heavy atom. The molecule has 1 fully saturated rings. The monoisotopic (exact) mass is 238 g/mol. The van der Waals surface area contributed by atoms with Gasteiger partial charge in [-0.15, -0.1) is 11.8 Å². The molecule has 16 heavy (non-hydrogen) atoms. The van der Waals surface area contributed by atoms with Crippen LogP contribution in [0, 0.1) is 6.92 Å². The molecule has 0 atom stereocenters. The van der Waals surface area contributed by atoms with E-state index >= 15 is 0 Å². The molecule has 0 aromatic heterocycles. The number of piperazine rings is 1. The largest absolute Gasteiger partial charge is 0.337 e. The summed E-state index contributed by atoms with van der Waals surface area (Å²) < 4.78 is 0. The van der Waals surface area contributed by atoms with Crippen molar-refractivity contribution >= 4 is 11.8 Å². The highest BCUT2D eigenvalue weighted by molar-refractivity contribution is 7.99. The molecular formula is C13H22N2S+2. The molecule has 1 heterocycles. The normalized spacial score (nSPS) is 17.6. The van der Waals surface area contributed by atoms with Crippen molar-refractivity contribution in [1.29, 1.82) is 0 Å². The molecule has 0 aliphatic carbocycles. The van der Waals surface area contributed by atoms with Crippen LogP contribution < -0.4 is 10.2 Å². The van der Waals surface area contributed by atoms with Crippen molar-refractivity contribution < 1.29 is 10.2 Å². The van der Waals surface area contributed by atoms with Gasteiger partial charge in [-0.05, 0) is 19.1 Å². The van der Waals surface area contributed by atoms with E-state index in [1.807, 2.05) is 11.8 Å². The van der Waals surface area contributed by atoms with Crippen LogP contribution in [0.4, 0.5) is 0 Å². The third-order valence-corrected chi connectivity index (χ3v) is 4.16. The SMILES string of the molecule is Cc1ccc(SCC[NH+]2CC[NH2+]CC2)cc1. The number of nitrogens with one attached hydrogen (secondary N) is 1. The second-order valence-corrected chi connectivity index (χ2v) is 5.70. The minimum atomic E-state index is 1.25. The van der Waals surface area contributed by atoms with E-state index in [-0.39, 0.29) is 0 Å². The predicted molar refractivity (Wildman–Crippen MR) is 69.1 cm³/mol. The molecule has 1 saturated heterocycles. The highest BCUT2D eigenvalue weighted by Gasteiger charge is 2.14. The zero-order valence-electron chi connectivity index (χ0n) is 10.0. The van der Waals surface area contributed by atoms with Gasteiger partial charge in [0.25, 0.3) is 0 Å². The van der Waals surface area contributed by atoms with Gasteiger partial charge in [0.1, 0.15) is 26.2 Å². The van der Waals surface area contributed by atoms with Crippen molar-refractivity contribution in [3.05, 3.63) is 29.8 Å². The fourth-order valence-electron chi connectivity index (χ4n) is 2.08. The van der Waals surface area contributed by atoms with E-state index in [1.165, 1.54) is 48.9 Å². The average Bonchev–Trinajstić information content (AvgIpc) is 2.33. The topological polar surface area (TPSA) is 21.1 Å². The number of aryl methyl sites for hydroxylation is 1. The standard InChI is InChI=1S/C13H20N2S/c1-12-2-4-13(5-3-12)16-11-10-15-8-6-14-7-9-15/h2-5,14H,6-11H2,1H3/p+2. The summed E-state index contributed by atoms with van der Waals surface area (Å²) in [6.45, 7) is 8.76. The summed E-state index contributed by atoms with van der Waals surface area (Å²) in [5.74, 6) is 1.25. The Balaban J connectivity index is 1.69. The number of benzene rings is 1. The quantitative estimate of drug-likeness (QED) is 0.681. The Bertz CT molecular complexity index is 304. The second kappa shape index (κ2) is 6.28. The Kier molecular flexibility index (Phi) is 4.69. The molecule has 1 aliphatic heterocycles. The first kappa shape index (κ1) is 12.0. The van der Waals surface area contributed by atoms with Crippen molar-refractivity contribution in [2.75, 3.05) is 38.5 Å². The van der Waals surface area contributed by atoms with E-state index in [0.717, 1.165) is 0 Å². The summed E-state index contributed by atoms with van der Waals surface area (Å²) in [6, 6.07) is 8.87. The fourth-order valence-corrected chi connectivity index (χ4v) is 3.03. The molecule has 1 aliphatic rings. The lowest BCUT2D eigenvalue weighted by atomic mass is 10.2. The zero-order chi connectivity index (χ0) is 11.2. The molecule has 0 saturated carbocycles. The Morgan fingerprint density at radius 3 is 2.56 bits per heavy atom. The van der Waals surface area contributed by atoms with Crippen LogP contribution in [0.1, 0.15) is 5.56 Å². The lowest BCUT2D eigenvalue weighted by Crippen LogP contribution is -3.20. The summed E-state index contributed by atoms with van der Waals surface area (Å²) in [7, 11) is 0. The molecule has 1 aromatic carbocycles. The molecule has 0 bridgehead atoms. The second-order valence-electron chi connectivity index (χ2n) is 4.53. The van der Waals surface area contributed by atoms with Crippen molar-refractivity contribution in [2.45, 2.75) is 11.8 Å². The fraction of sp³-hybridized carbons (Fsp3) is 0.538. The average molecular weight is 238 g/mol. The molecule has 0 spiro atoms. The molecule has 1 aromatic rings. The zero-order valence-corrected chi connectivity index (χ0v) is 10.9. The van der Waals surface area contributed by atoms with Crippen LogP contribution >= 0.6 is 11.8 Å². The van der Waals surface area contributed by atoms with Crippen molar-refractivity contribution in [3.63, 3.8) is 0 Å². The summed E-state index contributed by atoms with van der Waals surface area (Å²) in [6.07, 6.45) is 0. The number of hydrogen-bond acceptors (Lipinski definition) is 1. The molecule has 2 nitrogen and oxygen atoms in total. The van der Waals surface area contributed by atoms with Crippen LogP contribution in [0.2, 0.25) is 0 Å². The van der Waals surface area contributed by atoms with Crippen molar-refractivity contribution in [2.24, 2.45) is 0 Å².